The Bertz CT molecular complexity index is 1320. The maximum atomic E-state index is 13.3. The van der Waals surface area contributed by atoms with Crippen molar-refractivity contribution in [2.75, 3.05) is 34.1 Å². The number of aromatic nitrogens is 2. The molecule has 11 heteroatoms. The molecular formula is C25H24ClN6O3S+. The van der Waals surface area contributed by atoms with Crippen molar-refractivity contribution in [1.82, 2.24) is 5.27 Å². The number of thioether (sulfide) groups is 1. The maximum Gasteiger partial charge on any atom is 0.305 e. The first kappa shape index (κ1) is 24.1. The normalized spacial score (nSPS) is 17.0. The van der Waals surface area contributed by atoms with Crippen LogP contribution in [0.4, 0.5) is 11.6 Å². The number of amides is 2. The molecule has 0 spiro atoms. The summed E-state index contributed by atoms with van der Waals surface area (Å²) in [6.07, 6.45) is 6.72. The van der Waals surface area contributed by atoms with Gasteiger partial charge in [0.05, 0.1) is 29.3 Å². The third-order valence-electron chi connectivity index (χ3n) is 5.71. The number of nitrogens with zero attached hydrogens (tertiary/aromatic N) is 5. The number of anilines is 2. The van der Waals surface area contributed by atoms with E-state index in [2.05, 4.69) is 20.6 Å². The first-order valence-corrected chi connectivity index (χ1v) is 13.0. The molecule has 0 saturated carbocycles. The third kappa shape index (κ3) is 5.44. The standard InChI is InChI=1S/C25H23ClN6O3S/c26-20-12-6-5-9-18(20)15-21-24(34)32(19-10-3-1-4-11-19)25(27-21)36-17-22(33)28-23-16-31(29-35-23)30-13-7-2-8-14-30/h1,3-6,9-12,15-16H,2,7-8,13-14,17H2/p+1/b21-15+. The molecule has 0 bridgehead atoms. The molecule has 2 aromatic carbocycles. The van der Waals surface area contributed by atoms with Gasteiger partial charge in [0.25, 0.3) is 12.1 Å². The summed E-state index contributed by atoms with van der Waals surface area (Å²) >= 11 is 7.44. The molecule has 0 aliphatic carbocycles. The van der Waals surface area contributed by atoms with Gasteiger partial charge in [-0.2, -0.15) is 5.01 Å². The lowest BCUT2D eigenvalue weighted by Crippen LogP contribution is -2.60. The Morgan fingerprint density at radius 2 is 1.86 bits per heavy atom. The number of aliphatic imine (C=N–C) groups is 1. The second-order valence-corrected chi connectivity index (χ2v) is 9.61. The third-order valence-corrected chi connectivity index (χ3v) is 7.00. The molecule has 184 valence electrons. The van der Waals surface area contributed by atoms with Crippen molar-refractivity contribution in [3.63, 3.8) is 0 Å². The van der Waals surface area contributed by atoms with Crippen molar-refractivity contribution in [1.29, 1.82) is 0 Å². The molecule has 1 fully saturated rings. The van der Waals surface area contributed by atoms with E-state index in [1.807, 2.05) is 48.5 Å². The Morgan fingerprint density at radius 1 is 1.11 bits per heavy atom. The number of para-hydroxylation sites is 1. The summed E-state index contributed by atoms with van der Waals surface area (Å²) in [6.45, 7) is 1.79. The van der Waals surface area contributed by atoms with E-state index in [-0.39, 0.29) is 29.1 Å². The molecule has 36 heavy (non-hydrogen) atoms. The minimum Gasteiger partial charge on any atom is -0.288 e. The van der Waals surface area contributed by atoms with Crippen LogP contribution in [0.1, 0.15) is 24.8 Å². The average Bonchev–Trinajstić information content (AvgIpc) is 3.49. The van der Waals surface area contributed by atoms with Crippen molar-refractivity contribution >= 4 is 58.0 Å². The van der Waals surface area contributed by atoms with Crippen molar-refractivity contribution < 1.29 is 18.9 Å². The number of carbonyl (C=O) groups is 2. The zero-order valence-electron chi connectivity index (χ0n) is 19.3. The van der Waals surface area contributed by atoms with Crippen molar-refractivity contribution in [3.05, 3.63) is 77.1 Å². The summed E-state index contributed by atoms with van der Waals surface area (Å²) in [5.41, 5.74) is 1.60. The van der Waals surface area contributed by atoms with Crippen LogP contribution in [0.5, 0.6) is 0 Å². The van der Waals surface area contributed by atoms with Gasteiger partial charge in [0.2, 0.25) is 11.2 Å². The molecule has 0 unspecified atom stereocenters. The fourth-order valence-electron chi connectivity index (χ4n) is 3.95. The number of halogens is 1. The lowest BCUT2D eigenvalue weighted by Gasteiger charge is -2.17. The molecule has 3 aromatic rings. The smallest absolute Gasteiger partial charge is 0.288 e. The molecule has 0 radical (unpaired) electrons. The highest BCUT2D eigenvalue weighted by Gasteiger charge is 2.32. The number of hydrogen-bond acceptors (Lipinski definition) is 7. The van der Waals surface area contributed by atoms with Crippen LogP contribution in [0.25, 0.3) is 6.08 Å². The van der Waals surface area contributed by atoms with Gasteiger partial charge in [-0.25, -0.2) is 4.99 Å². The number of rotatable bonds is 6. The molecule has 2 aliphatic rings. The monoisotopic (exact) mass is 523 g/mol. The van der Waals surface area contributed by atoms with Gasteiger partial charge in [0.1, 0.15) is 5.70 Å². The molecule has 1 saturated heterocycles. The summed E-state index contributed by atoms with van der Waals surface area (Å²) < 4.78 is 5.28. The largest absolute Gasteiger partial charge is 0.305 e. The predicted molar refractivity (Wildman–Crippen MR) is 140 cm³/mol. The molecule has 1 N–H and O–H groups in total. The number of hydrogen-bond donors (Lipinski definition) is 1. The minimum absolute atomic E-state index is 0.0270. The number of nitrogens with one attached hydrogen (secondary N) is 1. The van der Waals surface area contributed by atoms with Gasteiger partial charge in [-0.05, 0) is 49.1 Å². The summed E-state index contributed by atoms with van der Waals surface area (Å²) in [5, 5.41) is 9.72. The van der Waals surface area contributed by atoms with Crippen LogP contribution >= 0.6 is 23.4 Å². The Labute approximate surface area is 217 Å². The van der Waals surface area contributed by atoms with E-state index >= 15 is 0 Å². The summed E-state index contributed by atoms with van der Waals surface area (Å²) in [5.74, 6) is -0.301. The highest BCUT2D eigenvalue weighted by atomic mass is 35.5. The van der Waals surface area contributed by atoms with Gasteiger partial charge in [-0.3, -0.25) is 24.3 Å². The minimum atomic E-state index is -0.298. The van der Waals surface area contributed by atoms with Crippen LogP contribution in [-0.4, -0.2) is 41.1 Å². The van der Waals surface area contributed by atoms with Gasteiger partial charge < -0.3 is 0 Å². The zero-order valence-corrected chi connectivity index (χ0v) is 20.9. The van der Waals surface area contributed by atoms with E-state index in [1.165, 1.54) is 11.3 Å². The Kier molecular flexibility index (Phi) is 7.33. The lowest BCUT2D eigenvalue weighted by molar-refractivity contribution is -0.759. The van der Waals surface area contributed by atoms with Gasteiger partial charge in [0.15, 0.2) is 5.17 Å². The Balaban J connectivity index is 1.30. The van der Waals surface area contributed by atoms with Crippen molar-refractivity contribution in [3.8, 4) is 0 Å². The van der Waals surface area contributed by atoms with E-state index in [1.54, 1.807) is 23.1 Å². The van der Waals surface area contributed by atoms with E-state index < -0.39 is 0 Å². The van der Waals surface area contributed by atoms with Crippen molar-refractivity contribution in [2.24, 2.45) is 4.99 Å². The molecule has 2 amide bonds. The zero-order chi connectivity index (χ0) is 24.9. The topological polar surface area (TPSA) is 94.9 Å². The van der Waals surface area contributed by atoms with Gasteiger partial charge >= 0.3 is 5.88 Å². The summed E-state index contributed by atoms with van der Waals surface area (Å²) in [4.78, 5) is 33.6. The number of piperidine rings is 1. The fourth-order valence-corrected chi connectivity index (χ4v) is 4.95. The first-order valence-electron chi connectivity index (χ1n) is 11.6. The van der Waals surface area contributed by atoms with E-state index in [0.29, 0.717) is 21.4 Å². The highest BCUT2D eigenvalue weighted by molar-refractivity contribution is 8.14. The van der Waals surface area contributed by atoms with Crippen LogP contribution in [0.15, 0.2) is 76.0 Å². The average molecular weight is 524 g/mol. The lowest BCUT2D eigenvalue weighted by atomic mass is 10.2. The van der Waals surface area contributed by atoms with Gasteiger partial charge in [-0.15, -0.1) is 0 Å². The molecule has 5 rings (SSSR count). The first-order chi connectivity index (χ1) is 17.6. The van der Waals surface area contributed by atoms with E-state index in [4.69, 9.17) is 16.1 Å². The number of carbonyl (C=O) groups excluding carboxylic acids is 2. The van der Waals surface area contributed by atoms with Gasteiger partial charge in [0, 0.05) is 5.02 Å². The Hall–Kier alpha value is -3.63. The molecular weight excluding hydrogens is 500 g/mol. The van der Waals surface area contributed by atoms with Crippen LogP contribution in [0, 0.1) is 0 Å². The van der Waals surface area contributed by atoms with E-state index in [9.17, 15) is 9.59 Å². The second kappa shape index (κ2) is 11.0. The Morgan fingerprint density at radius 3 is 2.64 bits per heavy atom. The van der Waals surface area contributed by atoms with Crippen LogP contribution in [-0.2, 0) is 9.59 Å². The van der Waals surface area contributed by atoms with Crippen LogP contribution in [0.3, 0.4) is 0 Å². The van der Waals surface area contributed by atoms with Crippen LogP contribution in [0.2, 0.25) is 5.02 Å². The maximum absolute atomic E-state index is 13.3. The molecule has 9 nitrogen and oxygen atoms in total. The van der Waals surface area contributed by atoms with Crippen molar-refractivity contribution in [2.45, 2.75) is 19.3 Å². The molecule has 0 atom stereocenters. The van der Waals surface area contributed by atoms with E-state index in [0.717, 1.165) is 37.7 Å². The quantitative estimate of drug-likeness (QED) is 0.389. The fraction of sp³-hybridized carbons (Fsp3) is 0.240. The van der Waals surface area contributed by atoms with Gasteiger partial charge in [-0.1, -0.05) is 59.8 Å². The molecule has 1 aromatic heterocycles. The molecule has 2 aliphatic heterocycles. The SMILES string of the molecule is O=C(CSC1=N/C(=C/c2ccccc2Cl)C(=O)N1c1ccccc1)Nc1c[n+](N2CCCCC2)no1. The summed E-state index contributed by atoms with van der Waals surface area (Å²) in [7, 11) is 0. The highest BCUT2D eigenvalue weighted by Crippen LogP contribution is 2.30. The molecule has 3 heterocycles. The van der Waals surface area contributed by atoms with Crippen LogP contribution < -0.4 is 20.0 Å². The predicted octanol–water partition coefficient (Wildman–Crippen LogP) is 3.85. The number of amidine groups is 1. The second-order valence-electron chi connectivity index (χ2n) is 8.26. The number of benzene rings is 2. The summed E-state index contributed by atoms with van der Waals surface area (Å²) in [6, 6.07) is 16.4.